The van der Waals surface area contributed by atoms with Gasteiger partial charge in [-0.1, -0.05) is 18.2 Å². The van der Waals surface area contributed by atoms with Crippen LogP contribution in [0.4, 0.5) is 4.39 Å². The van der Waals surface area contributed by atoms with Gasteiger partial charge in [0.2, 0.25) is 0 Å². The van der Waals surface area contributed by atoms with Gasteiger partial charge in [-0.3, -0.25) is 0 Å². The molecule has 0 heterocycles. The number of ether oxygens (including phenoxy) is 2. The van der Waals surface area contributed by atoms with Crippen molar-refractivity contribution in [2.24, 2.45) is 0 Å². The number of hydrogen-bond acceptors (Lipinski definition) is 3. The maximum absolute atomic E-state index is 13.0. The lowest BCUT2D eigenvalue weighted by Gasteiger charge is -2.06. The first-order chi connectivity index (χ1) is 9.19. The summed E-state index contributed by atoms with van der Waals surface area (Å²) in [6, 6.07) is 12.6. The number of rotatable bonds is 4. The number of carbonyl (C=O) groups excluding carboxylic acids is 1. The summed E-state index contributed by atoms with van der Waals surface area (Å²) in [5.74, 6) is -0.238. The molecule has 2 aromatic rings. The molecule has 0 spiro atoms. The van der Waals surface area contributed by atoms with E-state index in [1.165, 1.54) is 19.2 Å². The lowest BCUT2D eigenvalue weighted by molar-refractivity contribution is 0.0472. The Kier molecular flexibility index (Phi) is 4.13. The number of benzene rings is 2. The van der Waals surface area contributed by atoms with Crippen LogP contribution in [0.15, 0.2) is 48.5 Å². The zero-order chi connectivity index (χ0) is 13.7. The predicted octanol–water partition coefficient (Wildman–Crippen LogP) is 3.19. The van der Waals surface area contributed by atoms with Crippen LogP contribution in [-0.4, -0.2) is 13.1 Å². The summed E-state index contributed by atoms with van der Waals surface area (Å²) in [7, 11) is 1.52. The highest BCUT2D eigenvalue weighted by molar-refractivity contribution is 5.89. The fourth-order valence-corrected chi connectivity index (χ4v) is 1.61. The first-order valence-corrected chi connectivity index (χ1v) is 5.74. The second kappa shape index (κ2) is 6.00. The summed E-state index contributed by atoms with van der Waals surface area (Å²) in [6.45, 7) is 0.0355. The molecule has 0 atom stereocenters. The first-order valence-electron chi connectivity index (χ1n) is 5.74. The zero-order valence-electron chi connectivity index (χ0n) is 10.4. The molecule has 0 radical (unpaired) electrons. The quantitative estimate of drug-likeness (QED) is 0.792. The van der Waals surface area contributed by atoms with Crippen molar-refractivity contribution in [3.05, 3.63) is 65.5 Å². The maximum atomic E-state index is 13.0. The highest BCUT2D eigenvalue weighted by Gasteiger charge is 2.08. The third kappa shape index (κ3) is 3.55. The summed E-state index contributed by atoms with van der Waals surface area (Å²) in [5, 5.41) is 0. The topological polar surface area (TPSA) is 35.5 Å². The summed E-state index contributed by atoms with van der Waals surface area (Å²) in [6.07, 6.45) is 0. The lowest BCUT2D eigenvalue weighted by atomic mass is 10.2. The second-order valence-corrected chi connectivity index (χ2v) is 3.94. The van der Waals surface area contributed by atoms with Crippen molar-refractivity contribution in [1.82, 2.24) is 0 Å². The molecule has 0 aliphatic rings. The van der Waals surface area contributed by atoms with E-state index in [4.69, 9.17) is 9.47 Å². The second-order valence-electron chi connectivity index (χ2n) is 3.94. The van der Waals surface area contributed by atoms with Crippen LogP contribution in [0, 0.1) is 5.82 Å². The van der Waals surface area contributed by atoms with Gasteiger partial charge in [0, 0.05) is 0 Å². The lowest BCUT2D eigenvalue weighted by Crippen LogP contribution is -2.05. The third-order valence-corrected chi connectivity index (χ3v) is 2.56. The van der Waals surface area contributed by atoms with Gasteiger partial charge in [0.15, 0.2) is 0 Å². The van der Waals surface area contributed by atoms with Gasteiger partial charge in [-0.25, -0.2) is 9.18 Å². The minimum absolute atomic E-state index is 0.0355. The van der Waals surface area contributed by atoms with Crippen LogP contribution in [0.1, 0.15) is 15.9 Å². The molecular formula is C15H13FO3. The standard InChI is InChI=1S/C15H13FO3/c1-18-14-7-3-5-12(9-14)15(17)19-10-11-4-2-6-13(16)8-11/h2-9H,10H2,1H3. The Bertz CT molecular complexity index is 581. The number of hydrogen-bond donors (Lipinski definition) is 0. The smallest absolute Gasteiger partial charge is 0.338 e. The molecule has 2 aromatic carbocycles. The maximum Gasteiger partial charge on any atom is 0.338 e. The summed E-state index contributed by atoms with van der Waals surface area (Å²) >= 11 is 0. The molecule has 0 unspecified atom stereocenters. The third-order valence-electron chi connectivity index (χ3n) is 2.56. The van der Waals surface area contributed by atoms with E-state index in [-0.39, 0.29) is 12.4 Å². The van der Waals surface area contributed by atoms with E-state index in [9.17, 15) is 9.18 Å². The normalized spacial score (nSPS) is 10.0. The van der Waals surface area contributed by atoms with Crippen molar-refractivity contribution in [2.45, 2.75) is 6.61 Å². The Balaban J connectivity index is 2.01. The fraction of sp³-hybridized carbons (Fsp3) is 0.133. The van der Waals surface area contributed by atoms with E-state index >= 15 is 0 Å². The van der Waals surface area contributed by atoms with Gasteiger partial charge in [0.25, 0.3) is 0 Å². The van der Waals surface area contributed by atoms with Crippen molar-refractivity contribution >= 4 is 5.97 Å². The number of carbonyl (C=O) groups is 1. The molecule has 0 aliphatic carbocycles. The van der Waals surface area contributed by atoms with Crippen molar-refractivity contribution in [3.63, 3.8) is 0 Å². The summed E-state index contributed by atoms with van der Waals surface area (Å²) < 4.78 is 23.1. The zero-order valence-corrected chi connectivity index (χ0v) is 10.4. The van der Waals surface area contributed by atoms with Gasteiger partial charge >= 0.3 is 5.97 Å². The Hall–Kier alpha value is -2.36. The van der Waals surface area contributed by atoms with Gasteiger partial charge in [-0.2, -0.15) is 0 Å². The largest absolute Gasteiger partial charge is 0.497 e. The number of methoxy groups -OCH3 is 1. The highest BCUT2D eigenvalue weighted by Crippen LogP contribution is 2.14. The monoisotopic (exact) mass is 260 g/mol. The Morgan fingerprint density at radius 2 is 1.95 bits per heavy atom. The molecule has 98 valence electrons. The van der Waals surface area contributed by atoms with Crippen molar-refractivity contribution in [1.29, 1.82) is 0 Å². The van der Waals surface area contributed by atoms with E-state index in [0.717, 1.165) is 0 Å². The summed E-state index contributed by atoms with van der Waals surface area (Å²) in [4.78, 5) is 11.8. The molecule has 0 N–H and O–H groups in total. The van der Waals surface area contributed by atoms with Crippen LogP contribution in [0.5, 0.6) is 5.75 Å². The molecule has 0 bridgehead atoms. The average molecular weight is 260 g/mol. The Morgan fingerprint density at radius 1 is 1.16 bits per heavy atom. The van der Waals surface area contributed by atoms with E-state index in [1.54, 1.807) is 36.4 Å². The van der Waals surface area contributed by atoms with Crippen LogP contribution in [0.3, 0.4) is 0 Å². The van der Waals surface area contributed by atoms with Crippen LogP contribution < -0.4 is 4.74 Å². The molecular weight excluding hydrogens is 247 g/mol. The minimum atomic E-state index is -0.469. The molecule has 0 amide bonds. The van der Waals surface area contributed by atoms with Crippen LogP contribution in [-0.2, 0) is 11.3 Å². The molecule has 0 aromatic heterocycles. The molecule has 19 heavy (non-hydrogen) atoms. The van der Waals surface area contributed by atoms with Crippen molar-refractivity contribution < 1.29 is 18.7 Å². The summed E-state index contributed by atoms with van der Waals surface area (Å²) in [5.41, 5.74) is 1.01. The molecule has 0 fully saturated rings. The minimum Gasteiger partial charge on any atom is -0.497 e. The van der Waals surface area contributed by atoms with Crippen molar-refractivity contribution in [2.75, 3.05) is 7.11 Å². The highest BCUT2D eigenvalue weighted by atomic mass is 19.1. The van der Waals surface area contributed by atoms with E-state index in [2.05, 4.69) is 0 Å². The van der Waals surface area contributed by atoms with Gasteiger partial charge in [-0.05, 0) is 35.9 Å². The Labute approximate surface area is 110 Å². The number of halogens is 1. The van der Waals surface area contributed by atoms with Gasteiger partial charge < -0.3 is 9.47 Å². The molecule has 3 nitrogen and oxygen atoms in total. The first kappa shape index (κ1) is 13.1. The predicted molar refractivity (Wildman–Crippen MR) is 68.5 cm³/mol. The molecule has 0 saturated carbocycles. The van der Waals surface area contributed by atoms with Crippen LogP contribution in [0.2, 0.25) is 0 Å². The molecule has 0 saturated heterocycles. The van der Waals surface area contributed by atoms with Gasteiger partial charge in [0.05, 0.1) is 12.7 Å². The average Bonchev–Trinajstić information content (AvgIpc) is 2.45. The van der Waals surface area contributed by atoms with Crippen LogP contribution in [0.25, 0.3) is 0 Å². The number of esters is 1. The fourth-order valence-electron chi connectivity index (χ4n) is 1.61. The Morgan fingerprint density at radius 3 is 2.68 bits per heavy atom. The molecule has 4 heteroatoms. The van der Waals surface area contributed by atoms with Gasteiger partial charge in [-0.15, -0.1) is 0 Å². The van der Waals surface area contributed by atoms with Crippen LogP contribution >= 0.6 is 0 Å². The van der Waals surface area contributed by atoms with Crippen molar-refractivity contribution in [3.8, 4) is 5.75 Å². The van der Waals surface area contributed by atoms with E-state index in [0.29, 0.717) is 16.9 Å². The molecule has 0 aliphatic heterocycles. The van der Waals surface area contributed by atoms with E-state index < -0.39 is 5.97 Å². The van der Waals surface area contributed by atoms with Gasteiger partial charge in [0.1, 0.15) is 18.2 Å². The van der Waals surface area contributed by atoms with E-state index in [1.807, 2.05) is 0 Å². The molecule has 2 rings (SSSR count). The SMILES string of the molecule is COc1cccc(C(=O)OCc2cccc(F)c2)c1.